The van der Waals surface area contributed by atoms with Gasteiger partial charge < -0.3 is 10.4 Å². The van der Waals surface area contributed by atoms with Crippen molar-refractivity contribution in [2.45, 2.75) is 26.7 Å². The van der Waals surface area contributed by atoms with E-state index in [1.807, 2.05) is 0 Å². The summed E-state index contributed by atoms with van der Waals surface area (Å²) in [6, 6.07) is 3.50. The smallest absolute Gasteiger partial charge is 0.303 e. The maximum Gasteiger partial charge on any atom is 0.303 e. The van der Waals surface area contributed by atoms with E-state index in [-0.39, 0.29) is 24.7 Å². The number of aliphatic carboxylic acids is 1. The highest BCUT2D eigenvalue weighted by Crippen LogP contribution is 2.17. The topological polar surface area (TPSA) is 79.3 Å². The number of amides is 1. The number of nitrogens with zero attached hydrogens (tertiary/aromatic N) is 1. The molecule has 0 bridgehead atoms. The second-order valence-electron chi connectivity index (χ2n) is 4.22. The van der Waals surface area contributed by atoms with Crippen molar-refractivity contribution in [1.82, 2.24) is 4.98 Å². The Bertz CT molecular complexity index is 463. The summed E-state index contributed by atoms with van der Waals surface area (Å²) in [4.78, 5) is 26.4. The maximum absolute atomic E-state index is 11.7. The summed E-state index contributed by atoms with van der Waals surface area (Å²) in [5, 5.41) is 11.3. The molecule has 0 aliphatic carbocycles. The molecule has 1 atom stereocenters. The van der Waals surface area contributed by atoms with Crippen molar-refractivity contribution >= 4 is 33.5 Å². The largest absolute Gasteiger partial charge is 0.481 e. The van der Waals surface area contributed by atoms with E-state index in [0.29, 0.717) is 16.0 Å². The zero-order chi connectivity index (χ0) is 13.7. The highest BCUT2D eigenvalue weighted by atomic mass is 79.9. The molecule has 1 unspecified atom stereocenters. The van der Waals surface area contributed by atoms with Gasteiger partial charge in [0, 0.05) is 12.8 Å². The van der Waals surface area contributed by atoms with Gasteiger partial charge >= 0.3 is 5.97 Å². The Balaban J connectivity index is 2.56. The number of aryl methyl sites for hydroxylation is 1. The lowest BCUT2D eigenvalue weighted by Gasteiger charge is -2.10. The second kappa shape index (κ2) is 6.49. The molecule has 0 aliphatic rings. The van der Waals surface area contributed by atoms with E-state index in [0.717, 1.165) is 0 Å². The predicted molar refractivity (Wildman–Crippen MR) is 71.3 cm³/mol. The lowest BCUT2D eigenvalue weighted by molar-refractivity contribution is -0.138. The first-order valence-electron chi connectivity index (χ1n) is 5.53. The second-order valence-corrected chi connectivity index (χ2v) is 5.03. The van der Waals surface area contributed by atoms with Gasteiger partial charge in [0.25, 0.3) is 0 Å². The lowest BCUT2D eigenvalue weighted by Crippen LogP contribution is -2.17. The van der Waals surface area contributed by atoms with Crippen molar-refractivity contribution in [3.63, 3.8) is 0 Å². The van der Waals surface area contributed by atoms with E-state index < -0.39 is 5.97 Å². The van der Waals surface area contributed by atoms with Crippen LogP contribution in [-0.2, 0) is 9.59 Å². The number of anilines is 1. The van der Waals surface area contributed by atoms with E-state index >= 15 is 0 Å². The first kappa shape index (κ1) is 14.6. The van der Waals surface area contributed by atoms with Crippen LogP contribution in [-0.4, -0.2) is 22.0 Å². The molecule has 0 saturated carbocycles. The Morgan fingerprint density at radius 2 is 2.11 bits per heavy atom. The van der Waals surface area contributed by atoms with E-state index in [9.17, 15) is 9.59 Å². The van der Waals surface area contributed by atoms with Crippen molar-refractivity contribution in [1.29, 1.82) is 0 Å². The van der Waals surface area contributed by atoms with Crippen molar-refractivity contribution in [3.8, 4) is 0 Å². The van der Waals surface area contributed by atoms with Crippen LogP contribution in [0, 0.1) is 12.8 Å². The first-order chi connectivity index (χ1) is 8.38. The van der Waals surface area contributed by atoms with Crippen LogP contribution < -0.4 is 5.32 Å². The highest BCUT2D eigenvalue weighted by Gasteiger charge is 2.13. The van der Waals surface area contributed by atoms with E-state index in [1.165, 1.54) is 0 Å². The molecule has 0 aliphatic heterocycles. The average molecular weight is 315 g/mol. The molecule has 0 radical (unpaired) electrons. The zero-order valence-corrected chi connectivity index (χ0v) is 11.8. The van der Waals surface area contributed by atoms with Gasteiger partial charge in [0.15, 0.2) is 0 Å². The number of rotatable bonds is 5. The molecule has 6 heteroatoms. The van der Waals surface area contributed by atoms with Crippen LogP contribution in [0.1, 0.15) is 25.5 Å². The number of hydrogen-bond acceptors (Lipinski definition) is 3. The first-order valence-corrected chi connectivity index (χ1v) is 6.32. The minimum Gasteiger partial charge on any atom is -0.481 e. The molecule has 18 heavy (non-hydrogen) atoms. The number of aromatic nitrogens is 1. The molecule has 0 saturated heterocycles. The van der Waals surface area contributed by atoms with Crippen LogP contribution in [0.3, 0.4) is 0 Å². The van der Waals surface area contributed by atoms with Crippen LogP contribution in [0.4, 0.5) is 5.69 Å². The summed E-state index contributed by atoms with van der Waals surface area (Å²) >= 11 is 3.24. The van der Waals surface area contributed by atoms with Gasteiger partial charge in [0.2, 0.25) is 5.91 Å². The standard InChI is InChI=1S/C12H15BrN2O3/c1-7(6-12(17)18)5-11(16)15-9-3-4-10(13)14-8(9)2/h3-4,7H,5-6H2,1-2H3,(H,15,16)(H,17,18). The monoisotopic (exact) mass is 314 g/mol. The quantitative estimate of drug-likeness (QED) is 0.819. The molecule has 1 aromatic rings. The molecule has 1 amide bonds. The van der Waals surface area contributed by atoms with Crippen LogP contribution in [0.25, 0.3) is 0 Å². The third kappa shape index (κ3) is 4.83. The summed E-state index contributed by atoms with van der Waals surface area (Å²) in [6.45, 7) is 3.53. The van der Waals surface area contributed by atoms with E-state index in [4.69, 9.17) is 5.11 Å². The van der Waals surface area contributed by atoms with Gasteiger partial charge in [0.1, 0.15) is 4.60 Å². The van der Waals surface area contributed by atoms with Gasteiger partial charge in [-0.05, 0) is 40.9 Å². The zero-order valence-electron chi connectivity index (χ0n) is 10.2. The summed E-state index contributed by atoms with van der Waals surface area (Å²) in [5.41, 5.74) is 1.36. The number of carboxylic acids is 1. The average Bonchev–Trinajstić information content (AvgIpc) is 2.20. The van der Waals surface area contributed by atoms with Gasteiger partial charge in [-0.3, -0.25) is 9.59 Å². The fraction of sp³-hybridized carbons (Fsp3) is 0.417. The van der Waals surface area contributed by atoms with Crippen molar-refractivity contribution in [2.24, 2.45) is 5.92 Å². The van der Waals surface area contributed by atoms with E-state index in [2.05, 4.69) is 26.2 Å². The number of carbonyl (C=O) groups is 2. The van der Waals surface area contributed by atoms with Gasteiger partial charge in [-0.1, -0.05) is 6.92 Å². The van der Waals surface area contributed by atoms with Gasteiger partial charge in [-0.15, -0.1) is 0 Å². The third-order valence-corrected chi connectivity index (χ3v) is 2.82. The normalized spacial score (nSPS) is 11.9. The Hall–Kier alpha value is -1.43. The van der Waals surface area contributed by atoms with Gasteiger partial charge in [0.05, 0.1) is 11.4 Å². The Morgan fingerprint density at radius 1 is 1.44 bits per heavy atom. The third-order valence-electron chi connectivity index (χ3n) is 2.38. The minimum absolute atomic E-state index is 0.00894. The van der Waals surface area contributed by atoms with Crippen molar-refractivity contribution in [2.75, 3.05) is 5.32 Å². The Kier molecular flexibility index (Phi) is 5.27. The molecule has 0 fully saturated rings. The number of nitrogens with one attached hydrogen (secondary N) is 1. The fourth-order valence-corrected chi connectivity index (χ4v) is 1.95. The Labute approximate surface area is 114 Å². The molecule has 1 aromatic heterocycles. The summed E-state index contributed by atoms with van der Waals surface area (Å²) < 4.78 is 0.706. The fourth-order valence-electron chi connectivity index (χ4n) is 1.55. The summed E-state index contributed by atoms with van der Waals surface area (Å²) in [6.07, 6.45) is 0.173. The van der Waals surface area contributed by atoms with E-state index in [1.54, 1.807) is 26.0 Å². The molecular formula is C12H15BrN2O3. The number of halogens is 1. The molecule has 2 N–H and O–H groups in total. The molecule has 1 heterocycles. The number of carbonyl (C=O) groups excluding carboxylic acids is 1. The Morgan fingerprint density at radius 3 is 2.67 bits per heavy atom. The number of carboxylic acid groups (broad SMARTS) is 1. The minimum atomic E-state index is -0.892. The molecular weight excluding hydrogens is 300 g/mol. The lowest BCUT2D eigenvalue weighted by atomic mass is 10.0. The number of pyridine rings is 1. The van der Waals surface area contributed by atoms with Crippen LogP contribution in [0.5, 0.6) is 0 Å². The molecule has 1 rings (SSSR count). The molecule has 5 nitrogen and oxygen atoms in total. The summed E-state index contributed by atoms with van der Waals surface area (Å²) in [7, 11) is 0. The van der Waals surface area contributed by atoms with Gasteiger partial charge in [-0.25, -0.2) is 4.98 Å². The van der Waals surface area contributed by atoms with Crippen LogP contribution in [0.2, 0.25) is 0 Å². The van der Waals surface area contributed by atoms with Crippen LogP contribution >= 0.6 is 15.9 Å². The molecule has 98 valence electrons. The summed E-state index contributed by atoms with van der Waals surface area (Å²) in [5.74, 6) is -1.28. The van der Waals surface area contributed by atoms with Crippen molar-refractivity contribution < 1.29 is 14.7 Å². The molecule has 0 spiro atoms. The SMILES string of the molecule is Cc1nc(Br)ccc1NC(=O)CC(C)CC(=O)O. The van der Waals surface area contributed by atoms with Gasteiger partial charge in [-0.2, -0.15) is 0 Å². The molecule has 0 aromatic carbocycles. The van der Waals surface area contributed by atoms with Crippen molar-refractivity contribution in [3.05, 3.63) is 22.4 Å². The van der Waals surface area contributed by atoms with Crippen LogP contribution in [0.15, 0.2) is 16.7 Å². The number of hydrogen-bond donors (Lipinski definition) is 2. The predicted octanol–water partition coefficient (Wildman–Crippen LogP) is 2.59. The maximum atomic E-state index is 11.7. The highest BCUT2D eigenvalue weighted by molar-refractivity contribution is 9.10.